The van der Waals surface area contributed by atoms with E-state index in [-0.39, 0.29) is 30.5 Å². The van der Waals surface area contributed by atoms with Crippen molar-refractivity contribution in [1.29, 1.82) is 0 Å². The van der Waals surface area contributed by atoms with Crippen LogP contribution in [0.25, 0.3) is 0 Å². The maximum Gasteiger partial charge on any atom is 0.373 e. The summed E-state index contributed by atoms with van der Waals surface area (Å²) in [5.74, 6) is -0.430. The van der Waals surface area contributed by atoms with Gasteiger partial charge in [-0.2, -0.15) is 0 Å². The second-order valence-corrected chi connectivity index (χ2v) is 4.19. The topological polar surface area (TPSA) is 88.9 Å². The van der Waals surface area contributed by atoms with Crippen molar-refractivity contribution in [2.75, 3.05) is 14.2 Å². The average Bonchev–Trinajstić information content (AvgIpc) is 2.97. The van der Waals surface area contributed by atoms with E-state index in [4.69, 9.17) is 4.42 Å². The van der Waals surface area contributed by atoms with Gasteiger partial charge in [-0.05, 0) is 12.1 Å². The number of carbonyl (C=O) groups is 3. The first kappa shape index (κ1) is 13.3. The number of methoxy groups -OCH3 is 1. The molecule has 7 nitrogen and oxygen atoms in total. The van der Waals surface area contributed by atoms with E-state index in [1.54, 1.807) is 6.07 Å². The smallest absolute Gasteiger partial charge is 0.373 e. The summed E-state index contributed by atoms with van der Waals surface area (Å²) in [7, 11) is 2.72. The number of amides is 2. The second kappa shape index (κ2) is 5.23. The van der Waals surface area contributed by atoms with Gasteiger partial charge in [0, 0.05) is 7.05 Å². The molecule has 1 aromatic rings. The van der Waals surface area contributed by atoms with E-state index in [0.29, 0.717) is 5.76 Å². The number of carbonyl (C=O) groups excluding carboxylic acids is 3. The molecule has 0 aliphatic carbocycles. The van der Waals surface area contributed by atoms with E-state index >= 15 is 0 Å². The summed E-state index contributed by atoms with van der Waals surface area (Å²) in [5, 5.41) is 2.92. The van der Waals surface area contributed by atoms with E-state index in [1.807, 2.05) is 0 Å². The van der Waals surface area contributed by atoms with Gasteiger partial charge in [-0.25, -0.2) is 4.79 Å². The fraction of sp³-hybridized carbons (Fsp3) is 0.417. The monoisotopic (exact) mass is 266 g/mol. The first-order valence-corrected chi connectivity index (χ1v) is 5.73. The third kappa shape index (κ3) is 2.65. The molecule has 102 valence electrons. The van der Waals surface area contributed by atoms with Crippen molar-refractivity contribution >= 4 is 17.8 Å². The quantitative estimate of drug-likeness (QED) is 0.605. The Labute approximate surface area is 109 Å². The molecule has 1 N–H and O–H groups in total. The lowest BCUT2D eigenvalue weighted by Gasteiger charge is -2.09. The van der Waals surface area contributed by atoms with Gasteiger partial charge in [0.2, 0.25) is 17.6 Å². The van der Waals surface area contributed by atoms with Crippen molar-refractivity contribution in [2.45, 2.75) is 19.0 Å². The normalized spacial score (nSPS) is 19.1. The standard InChI is InChI=1S/C12H14N2O5/c1-14-10(15)5-8(11(14)16)13-6-7-3-4-9(19-7)12(17)18-2/h3-4,8,13H,5-6H2,1-2H3. The first-order chi connectivity index (χ1) is 9.02. The molecule has 1 atom stereocenters. The van der Waals surface area contributed by atoms with Crippen molar-refractivity contribution in [3.05, 3.63) is 23.7 Å². The molecule has 1 aliphatic heterocycles. The minimum atomic E-state index is -0.557. The maximum absolute atomic E-state index is 11.6. The first-order valence-electron chi connectivity index (χ1n) is 5.73. The van der Waals surface area contributed by atoms with Gasteiger partial charge in [-0.15, -0.1) is 0 Å². The lowest BCUT2D eigenvalue weighted by Crippen LogP contribution is -2.36. The van der Waals surface area contributed by atoms with Gasteiger partial charge >= 0.3 is 5.97 Å². The molecule has 1 saturated heterocycles. The van der Waals surface area contributed by atoms with Gasteiger partial charge in [0.15, 0.2) is 0 Å². The Morgan fingerprint density at radius 2 is 2.26 bits per heavy atom. The largest absolute Gasteiger partial charge is 0.463 e. The Balaban J connectivity index is 1.93. The molecule has 0 bridgehead atoms. The molecule has 1 fully saturated rings. The van der Waals surface area contributed by atoms with E-state index in [0.717, 1.165) is 4.90 Å². The van der Waals surface area contributed by atoms with Crippen LogP contribution in [0.4, 0.5) is 0 Å². The molecule has 0 radical (unpaired) electrons. The lowest BCUT2D eigenvalue weighted by atomic mass is 10.2. The molecule has 0 spiro atoms. The maximum atomic E-state index is 11.6. The molecule has 1 unspecified atom stereocenters. The highest BCUT2D eigenvalue weighted by Gasteiger charge is 2.35. The summed E-state index contributed by atoms with van der Waals surface area (Å²) < 4.78 is 9.75. The highest BCUT2D eigenvalue weighted by atomic mass is 16.5. The molecular formula is C12H14N2O5. The zero-order valence-corrected chi connectivity index (χ0v) is 10.6. The highest BCUT2D eigenvalue weighted by molar-refractivity contribution is 6.05. The summed E-state index contributed by atoms with van der Waals surface area (Å²) in [4.78, 5) is 35.2. The van der Waals surface area contributed by atoms with Crippen LogP contribution < -0.4 is 5.32 Å². The summed E-state index contributed by atoms with van der Waals surface area (Å²) in [6, 6.07) is 2.57. The van der Waals surface area contributed by atoms with Crippen molar-refractivity contribution in [2.24, 2.45) is 0 Å². The number of imide groups is 1. The van der Waals surface area contributed by atoms with Crippen LogP contribution in [0.15, 0.2) is 16.5 Å². The second-order valence-electron chi connectivity index (χ2n) is 4.19. The third-order valence-electron chi connectivity index (χ3n) is 2.95. The van der Waals surface area contributed by atoms with E-state index in [9.17, 15) is 14.4 Å². The minimum Gasteiger partial charge on any atom is -0.463 e. The van der Waals surface area contributed by atoms with E-state index < -0.39 is 12.0 Å². The molecule has 0 saturated carbocycles. The minimum absolute atomic E-state index is 0.102. The number of furan rings is 1. The van der Waals surface area contributed by atoms with Crippen LogP contribution >= 0.6 is 0 Å². The summed E-state index contributed by atoms with van der Waals surface area (Å²) in [6.07, 6.45) is 0.139. The summed E-state index contributed by atoms with van der Waals surface area (Å²) in [6.45, 7) is 0.258. The van der Waals surface area contributed by atoms with E-state index in [1.165, 1.54) is 20.2 Å². The predicted octanol–water partition coefficient (Wildman–Crippen LogP) is -0.0869. The number of nitrogens with zero attached hydrogens (tertiary/aromatic N) is 1. The van der Waals surface area contributed by atoms with Crippen LogP contribution in [0, 0.1) is 0 Å². The van der Waals surface area contributed by atoms with Gasteiger partial charge in [0.1, 0.15) is 5.76 Å². The highest BCUT2D eigenvalue weighted by Crippen LogP contribution is 2.13. The number of hydrogen-bond donors (Lipinski definition) is 1. The average molecular weight is 266 g/mol. The Bertz CT molecular complexity index is 522. The fourth-order valence-corrected chi connectivity index (χ4v) is 1.82. The van der Waals surface area contributed by atoms with Gasteiger partial charge < -0.3 is 9.15 Å². The van der Waals surface area contributed by atoms with Gasteiger partial charge in [-0.1, -0.05) is 0 Å². The van der Waals surface area contributed by atoms with Crippen molar-refractivity contribution < 1.29 is 23.5 Å². The third-order valence-corrected chi connectivity index (χ3v) is 2.95. The van der Waals surface area contributed by atoms with Gasteiger partial charge in [0.05, 0.1) is 26.1 Å². The number of hydrogen-bond acceptors (Lipinski definition) is 6. The van der Waals surface area contributed by atoms with Crippen LogP contribution in [-0.4, -0.2) is 42.9 Å². The molecule has 1 aromatic heterocycles. The molecule has 19 heavy (non-hydrogen) atoms. The number of nitrogens with one attached hydrogen (secondary N) is 1. The Kier molecular flexibility index (Phi) is 3.66. The number of ether oxygens (including phenoxy) is 1. The SMILES string of the molecule is COC(=O)c1ccc(CNC2CC(=O)N(C)C2=O)o1. The van der Waals surface area contributed by atoms with Gasteiger partial charge in [0.25, 0.3) is 0 Å². The van der Waals surface area contributed by atoms with Crippen LogP contribution in [0.2, 0.25) is 0 Å². The zero-order valence-electron chi connectivity index (χ0n) is 10.6. The van der Waals surface area contributed by atoms with Crippen molar-refractivity contribution in [1.82, 2.24) is 10.2 Å². The van der Waals surface area contributed by atoms with Crippen LogP contribution in [0.5, 0.6) is 0 Å². The van der Waals surface area contributed by atoms with Crippen molar-refractivity contribution in [3.8, 4) is 0 Å². The lowest BCUT2D eigenvalue weighted by molar-refractivity contribution is -0.137. The molecule has 1 aliphatic rings. The van der Waals surface area contributed by atoms with Gasteiger partial charge in [-0.3, -0.25) is 19.8 Å². The van der Waals surface area contributed by atoms with Crippen LogP contribution in [-0.2, 0) is 20.9 Å². The molecule has 2 amide bonds. The fourth-order valence-electron chi connectivity index (χ4n) is 1.82. The number of likely N-dealkylation sites (tertiary alicyclic amines) is 1. The number of rotatable bonds is 4. The molecule has 2 rings (SSSR count). The molecular weight excluding hydrogens is 252 g/mol. The van der Waals surface area contributed by atoms with Crippen molar-refractivity contribution in [3.63, 3.8) is 0 Å². The molecule has 0 aromatic carbocycles. The molecule has 7 heteroatoms. The molecule has 2 heterocycles. The Morgan fingerprint density at radius 1 is 1.53 bits per heavy atom. The Hall–Kier alpha value is -2.15. The number of likely N-dealkylation sites (N-methyl/N-ethyl adjacent to an activating group) is 1. The van der Waals surface area contributed by atoms with Crippen LogP contribution in [0.1, 0.15) is 22.7 Å². The van der Waals surface area contributed by atoms with E-state index in [2.05, 4.69) is 10.1 Å². The predicted molar refractivity (Wildman–Crippen MR) is 63.1 cm³/mol. The summed E-state index contributed by atoms with van der Waals surface area (Å²) in [5.41, 5.74) is 0. The zero-order chi connectivity index (χ0) is 14.0. The summed E-state index contributed by atoms with van der Waals surface area (Å²) >= 11 is 0. The number of esters is 1. The Morgan fingerprint density at radius 3 is 2.84 bits per heavy atom. The van der Waals surface area contributed by atoms with Crippen LogP contribution in [0.3, 0.4) is 0 Å².